The quantitative estimate of drug-likeness (QED) is 0.635. The van der Waals surface area contributed by atoms with Crippen LogP contribution in [0.15, 0.2) is 29.3 Å². The molecular weight excluding hydrogens is 341 g/mol. The van der Waals surface area contributed by atoms with Gasteiger partial charge in [0.1, 0.15) is 5.82 Å². The summed E-state index contributed by atoms with van der Waals surface area (Å²) in [6.45, 7) is 10.2. The van der Waals surface area contributed by atoms with Crippen LogP contribution >= 0.6 is 0 Å². The van der Waals surface area contributed by atoms with E-state index in [1.165, 1.54) is 32.4 Å². The summed E-state index contributed by atoms with van der Waals surface area (Å²) in [7, 11) is 0. The van der Waals surface area contributed by atoms with Crippen LogP contribution < -0.4 is 10.2 Å². The summed E-state index contributed by atoms with van der Waals surface area (Å²) in [5, 5.41) is 3.48. The minimum Gasteiger partial charge on any atom is -0.368 e. The molecule has 1 aliphatic carbocycles. The average Bonchev–Trinajstić information content (AvgIpc) is 3.44. The lowest BCUT2D eigenvalue weighted by molar-refractivity contribution is 0.315. The third kappa shape index (κ3) is 4.72. The van der Waals surface area contributed by atoms with Crippen molar-refractivity contribution in [2.45, 2.75) is 32.2 Å². The molecule has 0 radical (unpaired) electrons. The van der Waals surface area contributed by atoms with Crippen molar-refractivity contribution >= 4 is 11.6 Å². The molecular formula is C21H32FN5. The number of benzene rings is 1. The largest absolute Gasteiger partial charge is 0.368 e. The molecule has 1 aromatic carbocycles. The lowest BCUT2D eigenvalue weighted by Gasteiger charge is -2.37. The fraction of sp³-hybridized carbons (Fsp3) is 0.667. The summed E-state index contributed by atoms with van der Waals surface area (Å²) in [5.41, 5.74) is 1.10. The predicted molar refractivity (Wildman–Crippen MR) is 109 cm³/mol. The molecule has 3 fully saturated rings. The molecule has 1 aromatic rings. The molecule has 0 spiro atoms. The Labute approximate surface area is 162 Å². The molecule has 2 aliphatic heterocycles. The Kier molecular flexibility index (Phi) is 5.81. The fourth-order valence-electron chi connectivity index (χ4n) is 4.25. The lowest BCUT2D eigenvalue weighted by atomic mass is 10.1. The number of anilines is 1. The second-order valence-electron chi connectivity index (χ2n) is 8.03. The summed E-state index contributed by atoms with van der Waals surface area (Å²) >= 11 is 0. The number of likely N-dealkylation sites (tertiary alicyclic amines) is 1. The predicted octanol–water partition coefficient (Wildman–Crippen LogP) is 2.40. The van der Waals surface area contributed by atoms with Gasteiger partial charge in [-0.3, -0.25) is 4.99 Å². The highest BCUT2D eigenvalue weighted by molar-refractivity contribution is 5.80. The molecule has 1 unspecified atom stereocenters. The van der Waals surface area contributed by atoms with Gasteiger partial charge in [-0.1, -0.05) is 0 Å². The molecule has 3 aliphatic rings. The fourth-order valence-corrected chi connectivity index (χ4v) is 4.25. The molecule has 1 atom stereocenters. The van der Waals surface area contributed by atoms with Crippen molar-refractivity contribution in [3.05, 3.63) is 30.1 Å². The third-order valence-electron chi connectivity index (χ3n) is 5.99. The van der Waals surface area contributed by atoms with E-state index in [2.05, 4.69) is 26.9 Å². The minimum atomic E-state index is -0.175. The Hall–Kier alpha value is -1.82. The summed E-state index contributed by atoms with van der Waals surface area (Å²) in [4.78, 5) is 12.3. The molecule has 0 amide bonds. The zero-order chi connectivity index (χ0) is 18.6. The molecule has 5 nitrogen and oxygen atoms in total. The van der Waals surface area contributed by atoms with E-state index in [1.54, 1.807) is 12.1 Å². The molecule has 1 saturated carbocycles. The van der Waals surface area contributed by atoms with Crippen molar-refractivity contribution in [1.82, 2.24) is 15.1 Å². The number of aliphatic imine (C=N–C) groups is 1. The number of nitrogens with zero attached hydrogens (tertiary/aromatic N) is 4. The van der Waals surface area contributed by atoms with E-state index in [0.717, 1.165) is 57.0 Å². The summed E-state index contributed by atoms with van der Waals surface area (Å²) in [6, 6.07) is 7.71. The highest BCUT2D eigenvalue weighted by Crippen LogP contribution is 2.31. The van der Waals surface area contributed by atoms with Crippen LogP contribution in [0.3, 0.4) is 0 Å². The second kappa shape index (κ2) is 8.46. The zero-order valence-electron chi connectivity index (χ0n) is 16.4. The number of guanidine groups is 1. The first-order valence-electron chi connectivity index (χ1n) is 10.5. The van der Waals surface area contributed by atoms with Gasteiger partial charge in [0.15, 0.2) is 5.96 Å². The third-order valence-corrected chi connectivity index (χ3v) is 5.99. The van der Waals surface area contributed by atoms with Gasteiger partial charge in [-0.25, -0.2) is 4.39 Å². The maximum absolute atomic E-state index is 13.1. The summed E-state index contributed by atoms with van der Waals surface area (Å²) in [5.74, 6) is 1.59. The minimum absolute atomic E-state index is 0.175. The van der Waals surface area contributed by atoms with Gasteiger partial charge in [0.05, 0.1) is 0 Å². The van der Waals surface area contributed by atoms with E-state index in [4.69, 9.17) is 4.99 Å². The second-order valence-corrected chi connectivity index (χ2v) is 8.03. The van der Waals surface area contributed by atoms with E-state index in [9.17, 15) is 4.39 Å². The summed E-state index contributed by atoms with van der Waals surface area (Å²) in [6.07, 6.45) is 4.09. The summed E-state index contributed by atoms with van der Waals surface area (Å²) < 4.78 is 13.1. The van der Waals surface area contributed by atoms with Crippen LogP contribution in [-0.2, 0) is 0 Å². The smallest absolute Gasteiger partial charge is 0.194 e. The number of halogens is 1. The van der Waals surface area contributed by atoms with Gasteiger partial charge in [-0.2, -0.15) is 0 Å². The number of rotatable bonds is 5. The first-order chi connectivity index (χ1) is 13.2. The Morgan fingerprint density at radius 2 is 1.81 bits per heavy atom. The van der Waals surface area contributed by atoms with E-state index >= 15 is 0 Å². The van der Waals surface area contributed by atoms with E-state index < -0.39 is 0 Å². The molecule has 0 aromatic heterocycles. The zero-order valence-corrected chi connectivity index (χ0v) is 16.4. The molecule has 1 N–H and O–H groups in total. The highest BCUT2D eigenvalue weighted by atomic mass is 19.1. The van der Waals surface area contributed by atoms with Crippen molar-refractivity contribution in [2.24, 2.45) is 10.9 Å². The maximum Gasteiger partial charge on any atom is 0.194 e. The number of piperazine rings is 1. The SMILES string of the molecule is CCNC(=NCC1CCN(C2CC2)C1)N1CCN(c2ccc(F)cc2)CC1. The Bertz CT molecular complexity index is 634. The first kappa shape index (κ1) is 18.5. The molecule has 4 rings (SSSR count). The first-order valence-corrected chi connectivity index (χ1v) is 10.5. The van der Waals surface area contributed by atoms with Crippen LogP contribution in [0.1, 0.15) is 26.2 Å². The Morgan fingerprint density at radius 1 is 1.07 bits per heavy atom. The van der Waals surface area contributed by atoms with Crippen LogP contribution in [-0.4, -0.2) is 74.2 Å². The average molecular weight is 374 g/mol. The Balaban J connectivity index is 1.30. The number of hydrogen-bond acceptors (Lipinski definition) is 3. The molecule has 27 heavy (non-hydrogen) atoms. The van der Waals surface area contributed by atoms with Crippen LogP contribution in [0, 0.1) is 11.7 Å². The number of hydrogen-bond donors (Lipinski definition) is 1. The van der Waals surface area contributed by atoms with Crippen molar-refractivity contribution in [3.63, 3.8) is 0 Å². The standard InChI is InChI=1S/C21H32FN5/c1-2-23-21(24-15-17-9-10-27(16-17)20-7-8-20)26-13-11-25(12-14-26)19-5-3-18(22)4-6-19/h3-6,17,20H,2,7-16H2,1H3,(H,23,24). The van der Waals surface area contributed by atoms with Gasteiger partial charge in [-0.15, -0.1) is 0 Å². The highest BCUT2D eigenvalue weighted by Gasteiger charge is 2.34. The van der Waals surface area contributed by atoms with Gasteiger partial charge in [0.25, 0.3) is 0 Å². The molecule has 6 heteroatoms. The monoisotopic (exact) mass is 373 g/mol. The van der Waals surface area contributed by atoms with Gasteiger partial charge >= 0.3 is 0 Å². The van der Waals surface area contributed by atoms with Gasteiger partial charge in [-0.05, 0) is 62.9 Å². The van der Waals surface area contributed by atoms with Crippen molar-refractivity contribution in [2.75, 3.05) is 57.3 Å². The van der Waals surface area contributed by atoms with E-state index in [-0.39, 0.29) is 5.82 Å². The van der Waals surface area contributed by atoms with Crippen LogP contribution in [0.5, 0.6) is 0 Å². The van der Waals surface area contributed by atoms with Crippen molar-refractivity contribution < 1.29 is 4.39 Å². The van der Waals surface area contributed by atoms with Gasteiger partial charge in [0.2, 0.25) is 0 Å². The van der Waals surface area contributed by atoms with E-state index in [0.29, 0.717) is 5.92 Å². The van der Waals surface area contributed by atoms with Crippen molar-refractivity contribution in [1.29, 1.82) is 0 Å². The van der Waals surface area contributed by atoms with Gasteiger partial charge < -0.3 is 20.0 Å². The van der Waals surface area contributed by atoms with Crippen molar-refractivity contribution in [3.8, 4) is 0 Å². The molecule has 2 saturated heterocycles. The Morgan fingerprint density at radius 3 is 2.48 bits per heavy atom. The topological polar surface area (TPSA) is 34.1 Å². The molecule has 2 heterocycles. The van der Waals surface area contributed by atoms with E-state index in [1.807, 2.05) is 12.1 Å². The molecule has 0 bridgehead atoms. The lowest BCUT2D eigenvalue weighted by Crippen LogP contribution is -2.52. The maximum atomic E-state index is 13.1. The van der Waals surface area contributed by atoms with Crippen LogP contribution in [0.4, 0.5) is 10.1 Å². The van der Waals surface area contributed by atoms with Crippen LogP contribution in [0.2, 0.25) is 0 Å². The number of nitrogens with one attached hydrogen (secondary N) is 1. The van der Waals surface area contributed by atoms with Crippen LogP contribution in [0.25, 0.3) is 0 Å². The van der Waals surface area contributed by atoms with Gasteiger partial charge in [0, 0.05) is 57.5 Å². The normalized spacial score (nSPS) is 24.5. The molecule has 148 valence electrons.